The van der Waals surface area contributed by atoms with Gasteiger partial charge in [0.15, 0.2) is 5.11 Å². The maximum atomic E-state index is 14.9. The number of carbonyl (C=O) groups excluding carboxylic acids is 2. The summed E-state index contributed by atoms with van der Waals surface area (Å²) in [6.45, 7) is 2.49. The van der Waals surface area contributed by atoms with Gasteiger partial charge in [0, 0.05) is 32.3 Å². The van der Waals surface area contributed by atoms with Crippen molar-refractivity contribution in [2.24, 2.45) is 5.73 Å². The summed E-state index contributed by atoms with van der Waals surface area (Å²) in [7, 11) is 0. The zero-order valence-electron chi connectivity index (χ0n) is 17.8. The van der Waals surface area contributed by atoms with Gasteiger partial charge in [-0.1, -0.05) is 0 Å². The van der Waals surface area contributed by atoms with Gasteiger partial charge in [0.1, 0.15) is 17.7 Å². The molecule has 3 heterocycles. The molecule has 33 heavy (non-hydrogen) atoms. The maximum absolute atomic E-state index is 14.9. The number of furan rings is 1. The van der Waals surface area contributed by atoms with E-state index < -0.39 is 18.0 Å². The second-order valence-electron chi connectivity index (χ2n) is 7.66. The van der Waals surface area contributed by atoms with Crippen LogP contribution in [-0.2, 0) is 9.53 Å². The lowest BCUT2D eigenvalue weighted by Crippen LogP contribution is -2.48. The number of nitrogens with two attached hydrogens (primary N) is 1. The zero-order chi connectivity index (χ0) is 23.4. The van der Waals surface area contributed by atoms with E-state index in [1.165, 1.54) is 17.0 Å². The maximum Gasteiger partial charge on any atom is 0.414 e. The van der Waals surface area contributed by atoms with Crippen LogP contribution < -0.4 is 20.9 Å². The van der Waals surface area contributed by atoms with E-state index in [1.54, 1.807) is 41.5 Å². The van der Waals surface area contributed by atoms with Crippen LogP contribution in [0.3, 0.4) is 0 Å². The average molecular weight is 474 g/mol. The number of piperazine rings is 1. The molecule has 2 fully saturated rings. The number of benzene rings is 1. The van der Waals surface area contributed by atoms with Crippen LogP contribution in [0.1, 0.15) is 5.76 Å². The molecule has 2 aromatic rings. The number of nitrogens with zero attached hydrogens (tertiary/aromatic N) is 3. The lowest BCUT2D eigenvalue weighted by Gasteiger charge is -2.36. The van der Waals surface area contributed by atoms with Gasteiger partial charge in [-0.25, -0.2) is 9.18 Å². The van der Waals surface area contributed by atoms with Crippen molar-refractivity contribution in [2.75, 3.05) is 49.1 Å². The third-order valence-electron chi connectivity index (χ3n) is 5.49. The van der Waals surface area contributed by atoms with Gasteiger partial charge >= 0.3 is 6.09 Å². The van der Waals surface area contributed by atoms with Crippen LogP contribution in [0.2, 0.25) is 0 Å². The van der Waals surface area contributed by atoms with Crippen LogP contribution in [0.5, 0.6) is 0 Å². The first-order chi connectivity index (χ1) is 15.9. The van der Waals surface area contributed by atoms with E-state index in [0.717, 1.165) is 0 Å². The quantitative estimate of drug-likeness (QED) is 0.485. The largest absolute Gasteiger partial charge is 0.465 e. The molecule has 2 amide bonds. The van der Waals surface area contributed by atoms with Crippen LogP contribution >= 0.6 is 12.2 Å². The number of anilines is 2. The molecular formula is C22H24FN5O4S. The van der Waals surface area contributed by atoms with Crippen LogP contribution in [0.25, 0.3) is 6.08 Å². The molecule has 4 rings (SSSR count). The first-order valence-electron chi connectivity index (χ1n) is 10.5. The van der Waals surface area contributed by atoms with Crippen molar-refractivity contribution in [3.05, 3.63) is 54.2 Å². The van der Waals surface area contributed by atoms with Gasteiger partial charge in [0.2, 0.25) is 5.91 Å². The predicted octanol–water partition coefficient (Wildman–Crippen LogP) is 1.94. The molecule has 1 aromatic heterocycles. The number of ether oxygens (including phenoxy) is 1. The van der Waals surface area contributed by atoms with Crippen molar-refractivity contribution in [3.63, 3.8) is 0 Å². The van der Waals surface area contributed by atoms with Crippen molar-refractivity contribution >= 4 is 46.8 Å². The Labute approximate surface area is 195 Å². The summed E-state index contributed by atoms with van der Waals surface area (Å²) < 4.78 is 25.4. The molecule has 0 unspecified atom stereocenters. The van der Waals surface area contributed by atoms with Gasteiger partial charge in [-0.05, 0) is 48.6 Å². The smallest absolute Gasteiger partial charge is 0.414 e. The number of rotatable bonds is 6. The van der Waals surface area contributed by atoms with E-state index >= 15 is 0 Å². The van der Waals surface area contributed by atoms with Crippen LogP contribution in [0.15, 0.2) is 47.1 Å². The second kappa shape index (κ2) is 9.90. The lowest BCUT2D eigenvalue weighted by atomic mass is 10.2. The Morgan fingerprint density at radius 1 is 1.27 bits per heavy atom. The molecule has 1 aromatic carbocycles. The van der Waals surface area contributed by atoms with Crippen LogP contribution in [0.4, 0.5) is 20.6 Å². The number of amides is 2. The Kier molecular flexibility index (Phi) is 6.78. The summed E-state index contributed by atoms with van der Waals surface area (Å²) in [5.41, 5.74) is 6.24. The summed E-state index contributed by atoms with van der Waals surface area (Å²) in [4.78, 5) is 29.5. The monoisotopic (exact) mass is 473 g/mol. The SMILES string of the molecule is NC(=S)NC[C@H]1CN(c2ccc(N3CCN(C(=O)/C=C/c4ccco4)CC3)c(F)c2)C(=O)O1. The molecule has 174 valence electrons. The van der Waals surface area contributed by atoms with Gasteiger partial charge in [-0.2, -0.15) is 0 Å². The highest BCUT2D eigenvalue weighted by atomic mass is 32.1. The molecule has 3 N–H and O–H groups in total. The van der Waals surface area contributed by atoms with Gasteiger partial charge < -0.3 is 30.0 Å². The molecule has 2 aliphatic heterocycles. The van der Waals surface area contributed by atoms with Gasteiger partial charge in [-0.15, -0.1) is 0 Å². The third-order valence-corrected chi connectivity index (χ3v) is 5.63. The standard InChI is InChI=1S/C22H24FN5O4S/c23-18-12-15(28-14-17(32-22(28)30)13-25-21(24)33)3-5-19(18)26-7-9-27(10-8-26)20(29)6-4-16-2-1-11-31-16/h1-6,11-12,17H,7-10,13-14H2,(H3,24,25,33)/b6-4+/t17-/m0/s1. The zero-order valence-corrected chi connectivity index (χ0v) is 18.6. The molecular weight excluding hydrogens is 449 g/mol. The Bertz CT molecular complexity index is 1050. The van der Waals surface area contributed by atoms with E-state index in [1.807, 2.05) is 4.90 Å². The summed E-state index contributed by atoms with van der Waals surface area (Å²) in [5.74, 6) is 0.0489. The number of halogens is 1. The van der Waals surface area contributed by atoms with Crippen molar-refractivity contribution in [2.45, 2.75) is 6.10 Å². The molecule has 9 nitrogen and oxygen atoms in total. The average Bonchev–Trinajstić information content (AvgIpc) is 3.45. The summed E-state index contributed by atoms with van der Waals surface area (Å²) in [5, 5.41) is 2.88. The lowest BCUT2D eigenvalue weighted by molar-refractivity contribution is -0.126. The Hall–Kier alpha value is -3.60. The van der Waals surface area contributed by atoms with E-state index in [9.17, 15) is 14.0 Å². The highest BCUT2D eigenvalue weighted by Gasteiger charge is 2.33. The van der Waals surface area contributed by atoms with E-state index in [0.29, 0.717) is 43.3 Å². The van der Waals surface area contributed by atoms with E-state index in [-0.39, 0.29) is 24.1 Å². The first kappa shape index (κ1) is 22.6. The number of carbonyl (C=O) groups is 2. The normalized spacial score (nSPS) is 18.6. The summed E-state index contributed by atoms with van der Waals surface area (Å²) in [6, 6.07) is 8.17. The Morgan fingerprint density at radius 3 is 2.73 bits per heavy atom. The highest BCUT2D eigenvalue weighted by Crippen LogP contribution is 2.28. The van der Waals surface area contributed by atoms with Gasteiger partial charge in [0.25, 0.3) is 0 Å². The fourth-order valence-electron chi connectivity index (χ4n) is 3.79. The third kappa shape index (κ3) is 5.43. The number of thiocarbonyl (C=S) groups is 1. The molecule has 0 spiro atoms. The predicted molar refractivity (Wildman–Crippen MR) is 125 cm³/mol. The van der Waals surface area contributed by atoms with Crippen LogP contribution in [0, 0.1) is 5.82 Å². The first-order valence-corrected chi connectivity index (χ1v) is 10.9. The molecule has 0 radical (unpaired) electrons. The molecule has 0 bridgehead atoms. The topological polar surface area (TPSA) is 104 Å². The van der Waals surface area contributed by atoms with Crippen molar-refractivity contribution in [1.82, 2.24) is 10.2 Å². The van der Waals surface area contributed by atoms with E-state index in [4.69, 9.17) is 27.1 Å². The molecule has 2 aliphatic rings. The minimum Gasteiger partial charge on any atom is -0.465 e. The number of nitrogens with one attached hydrogen (secondary N) is 1. The molecule has 0 saturated carbocycles. The molecule has 11 heteroatoms. The molecule has 0 aliphatic carbocycles. The Balaban J connectivity index is 1.34. The van der Waals surface area contributed by atoms with Crippen molar-refractivity contribution in [3.8, 4) is 0 Å². The van der Waals surface area contributed by atoms with Gasteiger partial charge in [0.05, 0.1) is 30.7 Å². The Morgan fingerprint density at radius 2 is 2.06 bits per heavy atom. The fraction of sp³-hybridized carbons (Fsp3) is 0.318. The number of hydrogen-bond acceptors (Lipinski definition) is 6. The molecule has 2 saturated heterocycles. The van der Waals surface area contributed by atoms with Crippen molar-refractivity contribution < 1.29 is 23.1 Å². The summed E-state index contributed by atoms with van der Waals surface area (Å²) >= 11 is 4.76. The summed E-state index contributed by atoms with van der Waals surface area (Å²) in [6.07, 6.45) is 3.66. The van der Waals surface area contributed by atoms with Crippen molar-refractivity contribution in [1.29, 1.82) is 0 Å². The fourth-order valence-corrected chi connectivity index (χ4v) is 3.87. The minimum atomic E-state index is -0.549. The second-order valence-corrected chi connectivity index (χ2v) is 8.10. The van der Waals surface area contributed by atoms with E-state index in [2.05, 4.69) is 5.32 Å². The highest BCUT2D eigenvalue weighted by molar-refractivity contribution is 7.80. The minimum absolute atomic E-state index is 0.117. The van der Waals surface area contributed by atoms with Gasteiger partial charge in [-0.3, -0.25) is 9.69 Å². The molecule has 1 atom stereocenters. The number of hydrogen-bond donors (Lipinski definition) is 2. The van der Waals surface area contributed by atoms with Crippen LogP contribution in [-0.4, -0.2) is 67.4 Å². The number of cyclic esters (lactones) is 1.